The Kier molecular flexibility index (Phi) is 6.47. The number of likely N-dealkylation sites (tertiary alicyclic amines) is 1. The number of carbonyl (C=O) groups excluding carboxylic acids is 1. The van der Waals surface area contributed by atoms with Crippen LogP contribution in [-0.2, 0) is 14.8 Å². The summed E-state index contributed by atoms with van der Waals surface area (Å²) in [7, 11) is -3.62. The van der Waals surface area contributed by atoms with Crippen molar-refractivity contribution in [1.29, 1.82) is 0 Å². The lowest BCUT2D eigenvalue weighted by Gasteiger charge is -2.31. The van der Waals surface area contributed by atoms with Crippen LogP contribution in [0.1, 0.15) is 47.0 Å². The number of fused-ring (bicyclic) bond motifs is 1. The molecule has 2 saturated heterocycles. The second-order valence-corrected chi connectivity index (χ2v) is 11.4. The average molecular weight is 486 g/mol. The molecule has 0 saturated carbocycles. The van der Waals surface area contributed by atoms with Gasteiger partial charge in [-0.1, -0.05) is 12.1 Å². The number of hydrogen-bond acceptors (Lipinski definition) is 6. The number of ether oxygens (including phenoxy) is 1. The van der Waals surface area contributed by atoms with E-state index in [1.165, 1.54) is 16.8 Å². The Morgan fingerprint density at radius 1 is 1.09 bits per heavy atom. The zero-order chi connectivity index (χ0) is 22.8. The predicted molar refractivity (Wildman–Crippen MR) is 128 cm³/mol. The second-order valence-electron chi connectivity index (χ2n) is 8.60. The fourth-order valence-corrected chi connectivity index (χ4v) is 6.65. The summed E-state index contributed by atoms with van der Waals surface area (Å²) < 4.78 is 34.4. The molecule has 0 aliphatic carbocycles. The van der Waals surface area contributed by atoms with E-state index in [1.54, 1.807) is 23.5 Å². The Labute approximate surface area is 197 Å². The number of rotatable bonds is 6. The summed E-state index contributed by atoms with van der Waals surface area (Å²) in [5, 5.41) is 1.15. The topological polar surface area (TPSA) is 88.6 Å². The van der Waals surface area contributed by atoms with Gasteiger partial charge in [0.25, 0.3) is 5.91 Å². The maximum Gasteiger partial charge on any atom is 0.253 e. The highest BCUT2D eigenvalue weighted by molar-refractivity contribution is 7.89. The summed E-state index contributed by atoms with van der Waals surface area (Å²) in [4.78, 5) is 19.8. The summed E-state index contributed by atoms with van der Waals surface area (Å²) in [6, 6.07) is 14.4. The number of piperidine rings is 1. The van der Waals surface area contributed by atoms with Gasteiger partial charge in [-0.25, -0.2) is 18.1 Å². The highest BCUT2D eigenvalue weighted by Crippen LogP contribution is 2.34. The molecule has 7 nitrogen and oxygen atoms in total. The molecule has 5 rings (SSSR count). The van der Waals surface area contributed by atoms with E-state index in [4.69, 9.17) is 9.72 Å². The van der Waals surface area contributed by atoms with E-state index in [0.29, 0.717) is 31.2 Å². The average Bonchev–Trinajstić information content (AvgIpc) is 3.52. The van der Waals surface area contributed by atoms with Gasteiger partial charge < -0.3 is 9.64 Å². The fraction of sp³-hybridized carbons (Fsp3) is 0.417. The number of hydrogen-bond donors (Lipinski definition) is 1. The SMILES string of the molecule is O=C(c1ccc(S(=O)(=O)NC[C@H]2CCCO2)cc1)N1CCC(c2nc3ccccc3s2)CC1. The third kappa shape index (κ3) is 4.96. The molecule has 3 aromatic rings. The summed E-state index contributed by atoms with van der Waals surface area (Å²) in [5.74, 6) is 0.308. The zero-order valence-corrected chi connectivity index (χ0v) is 19.9. The van der Waals surface area contributed by atoms with Gasteiger partial charge in [0, 0.05) is 37.7 Å². The molecular formula is C24H27N3O4S2. The Bertz CT molecular complexity index is 1190. The van der Waals surface area contributed by atoms with Crippen molar-refractivity contribution in [2.24, 2.45) is 0 Å². The van der Waals surface area contributed by atoms with Gasteiger partial charge in [-0.15, -0.1) is 11.3 Å². The first kappa shape index (κ1) is 22.5. The smallest absolute Gasteiger partial charge is 0.253 e. The van der Waals surface area contributed by atoms with E-state index in [0.717, 1.165) is 36.2 Å². The fourth-order valence-electron chi connectivity index (χ4n) is 4.44. The quantitative estimate of drug-likeness (QED) is 0.574. The highest BCUT2D eigenvalue weighted by Gasteiger charge is 2.27. The molecule has 0 radical (unpaired) electrons. The van der Waals surface area contributed by atoms with Crippen LogP contribution in [0.3, 0.4) is 0 Å². The van der Waals surface area contributed by atoms with Crippen LogP contribution in [0, 0.1) is 0 Å². The lowest BCUT2D eigenvalue weighted by atomic mass is 9.97. The molecule has 1 atom stereocenters. The standard InChI is InChI=1S/C24H27N3O4S2/c28-24(18-7-9-20(10-8-18)33(29,30)25-16-19-4-3-15-31-19)27-13-11-17(12-14-27)23-26-21-5-1-2-6-22(21)32-23/h1-2,5-10,17,19,25H,3-4,11-16H2/t19-/m1/s1. The first-order valence-electron chi connectivity index (χ1n) is 11.4. The monoisotopic (exact) mass is 485 g/mol. The molecule has 9 heteroatoms. The third-order valence-corrected chi connectivity index (χ3v) is 9.02. The van der Waals surface area contributed by atoms with Gasteiger partial charge in [-0.2, -0.15) is 0 Å². The molecule has 2 aliphatic heterocycles. The molecule has 3 heterocycles. The molecule has 2 fully saturated rings. The summed E-state index contributed by atoms with van der Waals surface area (Å²) in [6.07, 6.45) is 3.52. The lowest BCUT2D eigenvalue weighted by Crippen LogP contribution is -2.38. The predicted octanol–water partition coefficient (Wildman–Crippen LogP) is 3.77. The van der Waals surface area contributed by atoms with Crippen LogP contribution >= 0.6 is 11.3 Å². The number of carbonyl (C=O) groups is 1. The highest BCUT2D eigenvalue weighted by atomic mass is 32.2. The van der Waals surface area contributed by atoms with Crippen molar-refractivity contribution in [3.63, 3.8) is 0 Å². The maximum absolute atomic E-state index is 13.0. The van der Waals surface area contributed by atoms with Gasteiger partial charge in [-0.3, -0.25) is 4.79 Å². The molecule has 1 N–H and O–H groups in total. The van der Waals surface area contributed by atoms with Crippen LogP contribution in [0.5, 0.6) is 0 Å². The molecule has 1 aromatic heterocycles. The Morgan fingerprint density at radius 2 is 1.85 bits per heavy atom. The van der Waals surface area contributed by atoms with Crippen LogP contribution in [0.4, 0.5) is 0 Å². The van der Waals surface area contributed by atoms with Crippen LogP contribution < -0.4 is 4.72 Å². The van der Waals surface area contributed by atoms with E-state index >= 15 is 0 Å². The number of nitrogens with one attached hydrogen (secondary N) is 1. The number of sulfonamides is 1. The van der Waals surface area contributed by atoms with E-state index in [9.17, 15) is 13.2 Å². The minimum absolute atomic E-state index is 0.0611. The number of thiazole rings is 1. The van der Waals surface area contributed by atoms with Crippen molar-refractivity contribution >= 4 is 37.5 Å². The molecule has 33 heavy (non-hydrogen) atoms. The lowest BCUT2D eigenvalue weighted by molar-refractivity contribution is 0.0713. The third-order valence-electron chi connectivity index (χ3n) is 6.38. The molecule has 2 aromatic carbocycles. The number of nitrogens with zero attached hydrogens (tertiary/aromatic N) is 2. The van der Waals surface area contributed by atoms with Crippen molar-refractivity contribution in [2.75, 3.05) is 26.2 Å². The largest absolute Gasteiger partial charge is 0.377 e. The molecule has 174 valence electrons. The Balaban J connectivity index is 1.18. The minimum Gasteiger partial charge on any atom is -0.377 e. The minimum atomic E-state index is -3.62. The van der Waals surface area contributed by atoms with Crippen LogP contribution in [0.25, 0.3) is 10.2 Å². The molecule has 1 amide bonds. The molecule has 0 bridgehead atoms. The summed E-state index contributed by atoms with van der Waals surface area (Å²) in [6.45, 7) is 2.29. The van der Waals surface area contributed by atoms with Gasteiger partial charge in [0.2, 0.25) is 10.0 Å². The van der Waals surface area contributed by atoms with Crippen LogP contribution in [-0.4, -0.2) is 56.6 Å². The molecular weight excluding hydrogens is 458 g/mol. The van der Waals surface area contributed by atoms with E-state index in [2.05, 4.69) is 10.8 Å². The summed E-state index contributed by atoms with van der Waals surface area (Å²) in [5.41, 5.74) is 1.54. The normalized spacial score (nSPS) is 19.9. The van der Waals surface area contributed by atoms with E-state index in [1.807, 2.05) is 23.1 Å². The Hall–Kier alpha value is -2.33. The molecule has 2 aliphatic rings. The Morgan fingerprint density at radius 3 is 2.55 bits per heavy atom. The van der Waals surface area contributed by atoms with Crippen molar-refractivity contribution in [3.05, 3.63) is 59.1 Å². The van der Waals surface area contributed by atoms with Crippen molar-refractivity contribution in [2.45, 2.75) is 42.6 Å². The zero-order valence-electron chi connectivity index (χ0n) is 18.3. The van der Waals surface area contributed by atoms with Gasteiger partial charge in [0.15, 0.2) is 0 Å². The second kappa shape index (κ2) is 9.50. The van der Waals surface area contributed by atoms with Crippen molar-refractivity contribution in [3.8, 4) is 0 Å². The maximum atomic E-state index is 13.0. The van der Waals surface area contributed by atoms with E-state index < -0.39 is 10.0 Å². The summed E-state index contributed by atoms with van der Waals surface area (Å²) >= 11 is 1.74. The van der Waals surface area contributed by atoms with Gasteiger partial charge in [0.05, 0.1) is 26.2 Å². The van der Waals surface area contributed by atoms with Gasteiger partial charge >= 0.3 is 0 Å². The van der Waals surface area contributed by atoms with Gasteiger partial charge in [-0.05, 0) is 62.1 Å². The number of para-hydroxylation sites is 1. The first-order chi connectivity index (χ1) is 16.0. The van der Waals surface area contributed by atoms with Crippen molar-refractivity contribution in [1.82, 2.24) is 14.6 Å². The van der Waals surface area contributed by atoms with Gasteiger partial charge in [0.1, 0.15) is 0 Å². The van der Waals surface area contributed by atoms with Crippen LogP contribution in [0.2, 0.25) is 0 Å². The van der Waals surface area contributed by atoms with E-state index in [-0.39, 0.29) is 23.5 Å². The van der Waals surface area contributed by atoms with Crippen LogP contribution in [0.15, 0.2) is 53.4 Å². The van der Waals surface area contributed by atoms with Crippen molar-refractivity contribution < 1.29 is 17.9 Å². The first-order valence-corrected chi connectivity index (χ1v) is 13.7. The number of aromatic nitrogens is 1. The number of benzene rings is 2. The molecule has 0 spiro atoms. The number of amides is 1. The molecule has 0 unspecified atom stereocenters.